The Balaban J connectivity index is 0.000000567. The fraction of sp³-hybridized carbons (Fsp3) is 0.842. The van der Waals surface area contributed by atoms with Crippen LogP contribution in [0, 0.1) is 0 Å². The number of hydrogen-bond donors (Lipinski definition) is 1. The van der Waals surface area contributed by atoms with Gasteiger partial charge in [-0.3, -0.25) is 9.69 Å². The molecule has 8 nitrogen and oxygen atoms in total. The third kappa shape index (κ3) is 9.10. The van der Waals surface area contributed by atoms with Gasteiger partial charge in [-0.1, -0.05) is 0 Å². The number of nitrogens with one attached hydrogen (secondary N) is 1. The van der Waals surface area contributed by atoms with Crippen molar-refractivity contribution in [3.05, 3.63) is 0 Å². The first-order valence-electron chi connectivity index (χ1n) is 9.75. The molecular formula is C19H35ClN2O6. The second-order valence-electron chi connectivity index (χ2n) is 7.48. The SMILES string of the molecule is CCOC(=O)C1CCCN1.CCOC(=O)C1CCCN1C(=O)OC(C)(C)C.Cl. The van der Waals surface area contributed by atoms with Gasteiger partial charge < -0.3 is 19.5 Å². The first-order chi connectivity index (χ1) is 12.7. The summed E-state index contributed by atoms with van der Waals surface area (Å²) in [6.45, 7) is 11.3. The fourth-order valence-electron chi connectivity index (χ4n) is 2.92. The minimum absolute atomic E-state index is 0. The largest absolute Gasteiger partial charge is 0.465 e. The van der Waals surface area contributed by atoms with E-state index >= 15 is 0 Å². The highest BCUT2D eigenvalue weighted by Crippen LogP contribution is 2.21. The van der Waals surface area contributed by atoms with Crippen LogP contribution in [0.1, 0.15) is 60.3 Å². The molecule has 0 aromatic heterocycles. The summed E-state index contributed by atoms with van der Waals surface area (Å²) in [7, 11) is 0. The van der Waals surface area contributed by atoms with Gasteiger partial charge in [-0.25, -0.2) is 9.59 Å². The maximum absolute atomic E-state index is 11.9. The summed E-state index contributed by atoms with van der Waals surface area (Å²) in [4.78, 5) is 36.0. The number of hydrogen-bond acceptors (Lipinski definition) is 7. The highest BCUT2D eigenvalue weighted by molar-refractivity contribution is 5.85. The molecule has 0 saturated carbocycles. The Kier molecular flexibility index (Phi) is 12.1. The Bertz CT molecular complexity index is 503. The average Bonchev–Trinajstić information content (AvgIpc) is 3.26. The normalized spacial score (nSPS) is 21.1. The van der Waals surface area contributed by atoms with Crippen molar-refractivity contribution in [2.24, 2.45) is 0 Å². The number of nitrogens with zero attached hydrogens (tertiary/aromatic N) is 1. The van der Waals surface area contributed by atoms with E-state index in [1.807, 2.05) is 6.92 Å². The van der Waals surface area contributed by atoms with E-state index in [0.29, 0.717) is 26.2 Å². The van der Waals surface area contributed by atoms with Crippen LogP contribution in [-0.2, 0) is 23.8 Å². The second-order valence-corrected chi connectivity index (χ2v) is 7.48. The Morgan fingerprint density at radius 3 is 2.11 bits per heavy atom. The van der Waals surface area contributed by atoms with Crippen molar-refractivity contribution in [3.8, 4) is 0 Å². The molecule has 28 heavy (non-hydrogen) atoms. The molecule has 1 amide bonds. The number of likely N-dealkylation sites (tertiary alicyclic amines) is 1. The highest BCUT2D eigenvalue weighted by Gasteiger charge is 2.37. The Morgan fingerprint density at radius 1 is 1.00 bits per heavy atom. The number of ether oxygens (including phenoxy) is 3. The molecule has 0 radical (unpaired) electrons. The van der Waals surface area contributed by atoms with Gasteiger partial charge in [0.25, 0.3) is 0 Å². The van der Waals surface area contributed by atoms with Crippen molar-refractivity contribution < 1.29 is 28.6 Å². The van der Waals surface area contributed by atoms with Crippen LogP contribution in [0.2, 0.25) is 0 Å². The van der Waals surface area contributed by atoms with E-state index in [1.165, 1.54) is 4.90 Å². The molecule has 2 atom stereocenters. The highest BCUT2D eigenvalue weighted by atomic mass is 35.5. The first-order valence-corrected chi connectivity index (χ1v) is 9.75. The summed E-state index contributed by atoms with van der Waals surface area (Å²) in [6, 6.07) is -0.509. The first kappa shape index (κ1) is 26.5. The van der Waals surface area contributed by atoms with Gasteiger partial charge in [0.2, 0.25) is 0 Å². The van der Waals surface area contributed by atoms with Crippen LogP contribution in [0.25, 0.3) is 0 Å². The molecule has 0 spiro atoms. The van der Waals surface area contributed by atoms with Gasteiger partial charge in [-0.15, -0.1) is 12.4 Å². The number of carbonyl (C=O) groups excluding carboxylic acids is 3. The molecule has 164 valence electrons. The summed E-state index contributed by atoms with van der Waals surface area (Å²) in [5.41, 5.74) is -0.543. The standard InChI is InChI=1S/C12H21NO4.C7H13NO2.ClH/c1-5-16-10(14)9-7-6-8-13(9)11(15)17-12(2,3)4;1-2-10-7(9)6-4-3-5-8-6;/h9H,5-8H2,1-4H3;6,8H,2-5H2,1H3;1H. The van der Waals surface area contributed by atoms with Crippen LogP contribution in [0.4, 0.5) is 4.79 Å². The summed E-state index contributed by atoms with van der Waals surface area (Å²) in [5.74, 6) is -0.434. The molecule has 9 heteroatoms. The summed E-state index contributed by atoms with van der Waals surface area (Å²) < 4.78 is 15.0. The lowest BCUT2D eigenvalue weighted by Gasteiger charge is -2.27. The Labute approximate surface area is 174 Å². The number of carbonyl (C=O) groups is 3. The van der Waals surface area contributed by atoms with Crippen molar-refractivity contribution in [1.82, 2.24) is 10.2 Å². The molecule has 0 aromatic carbocycles. The van der Waals surface area contributed by atoms with Gasteiger partial charge >= 0.3 is 18.0 Å². The van der Waals surface area contributed by atoms with Gasteiger partial charge in [0.15, 0.2) is 0 Å². The molecule has 2 unspecified atom stereocenters. The van der Waals surface area contributed by atoms with Crippen LogP contribution < -0.4 is 5.32 Å². The molecule has 1 N–H and O–H groups in total. The van der Waals surface area contributed by atoms with Gasteiger partial charge in [-0.2, -0.15) is 0 Å². The van der Waals surface area contributed by atoms with Crippen LogP contribution >= 0.6 is 12.4 Å². The monoisotopic (exact) mass is 422 g/mol. The third-order valence-corrected chi connectivity index (χ3v) is 4.07. The van der Waals surface area contributed by atoms with Gasteiger partial charge in [-0.05, 0) is 66.8 Å². The molecule has 0 aliphatic carbocycles. The summed E-state index contributed by atoms with van der Waals surface area (Å²) >= 11 is 0. The number of amides is 1. The summed E-state index contributed by atoms with van der Waals surface area (Å²) in [6.07, 6.45) is 3.04. The molecule has 0 bridgehead atoms. The minimum atomic E-state index is -0.543. The van der Waals surface area contributed by atoms with E-state index in [4.69, 9.17) is 14.2 Å². The van der Waals surface area contributed by atoms with Crippen LogP contribution in [-0.4, -0.2) is 66.9 Å². The van der Waals surface area contributed by atoms with Crippen molar-refractivity contribution >= 4 is 30.4 Å². The zero-order valence-electron chi connectivity index (χ0n) is 17.6. The van der Waals surface area contributed by atoms with Crippen molar-refractivity contribution in [3.63, 3.8) is 0 Å². The molecule has 2 aliphatic heterocycles. The van der Waals surface area contributed by atoms with E-state index in [-0.39, 0.29) is 30.4 Å². The molecule has 2 rings (SSSR count). The molecule has 2 heterocycles. The lowest BCUT2D eigenvalue weighted by Crippen LogP contribution is -2.44. The second kappa shape index (κ2) is 12.8. The number of halogens is 1. The average molecular weight is 423 g/mol. The quantitative estimate of drug-likeness (QED) is 0.549. The molecule has 2 aliphatic rings. The fourth-order valence-corrected chi connectivity index (χ4v) is 2.92. The maximum Gasteiger partial charge on any atom is 0.411 e. The zero-order chi connectivity index (χ0) is 20.4. The maximum atomic E-state index is 11.9. The third-order valence-electron chi connectivity index (χ3n) is 4.07. The van der Waals surface area contributed by atoms with Crippen LogP contribution in [0.5, 0.6) is 0 Å². The predicted octanol–water partition coefficient (Wildman–Crippen LogP) is 2.67. The van der Waals surface area contributed by atoms with Gasteiger partial charge in [0.05, 0.1) is 13.2 Å². The zero-order valence-corrected chi connectivity index (χ0v) is 18.4. The van der Waals surface area contributed by atoms with Crippen molar-refractivity contribution in [2.75, 3.05) is 26.3 Å². The molecular weight excluding hydrogens is 388 g/mol. The lowest BCUT2D eigenvalue weighted by atomic mass is 10.2. The van der Waals surface area contributed by atoms with E-state index in [9.17, 15) is 14.4 Å². The van der Waals surface area contributed by atoms with E-state index in [1.54, 1.807) is 27.7 Å². The van der Waals surface area contributed by atoms with Crippen molar-refractivity contribution in [1.29, 1.82) is 0 Å². The predicted molar refractivity (Wildman–Crippen MR) is 108 cm³/mol. The van der Waals surface area contributed by atoms with Gasteiger partial charge in [0.1, 0.15) is 17.7 Å². The van der Waals surface area contributed by atoms with E-state index < -0.39 is 17.7 Å². The van der Waals surface area contributed by atoms with Crippen LogP contribution in [0.3, 0.4) is 0 Å². The molecule has 2 saturated heterocycles. The topological polar surface area (TPSA) is 94.2 Å². The van der Waals surface area contributed by atoms with Gasteiger partial charge in [0, 0.05) is 6.54 Å². The number of rotatable bonds is 4. The van der Waals surface area contributed by atoms with E-state index in [0.717, 1.165) is 25.8 Å². The Hall–Kier alpha value is -1.54. The molecule has 0 aromatic rings. The smallest absolute Gasteiger partial charge is 0.411 e. The Morgan fingerprint density at radius 2 is 1.61 bits per heavy atom. The summed E-state index contributed by atoms with van der Waals surface area (Å²) in [5, 5.41) is 3.07. The van der Waals surface area contributed by atoms with Crippen molar-refractivity contribution in [2.45, 2.75) is 78.0 Å². The number of esters is 2. The van der Waals surface area contributed by atoms with Crippen LogP contribution in [0.15, 0.2) is 0 Å². The van der Waals surface area contributed by atoms with E-state index in [2.05, 4.69) is 5.32 Å². The lowest BCUT2D eigenvalue weighted by molar-refractivity contribution is -0.148. The minimum Gasteiger partial charge on any atom is -0.465 e. The molecule has 2 fully saturated rings.